The van der Waals surface area contributed by atoms with Crippen LogP contribution in [0.2, 0.25) is 0 Å². The summed E-state index contributed by atoms with van der Waals surface area (Å²) in [5.74, 6) is 0.556. The number of likely N-dealkylation sites (tertiary alicyclic amines) is 1. The zero-order valence-electron chi connectivity index (χ0n) is 9.47. The van der Waals surface area contributed by atoms with Gasteiger partial charge in [-0.05, 0) is 33.1 Å². The average Bonchev–Trinajstić information content (AvgIpc) is 2.29. The van der Waals surface area contributed by atoms with Crippen LogP contribution in [0.3, 0.4) is 0 Å². The molecular formula is C11H22FN. The van der Waals surface area contributed by atoms with Crippen molar-refractivity contribution in [2.24, 2.45) is 5.92 Å². The molecule has 0 spiro atoms. The van der Waals surface area contributed by atoms with Crippen molar-refractivity contribution < 1.29 is 4.39 Å². The molecule has 78 valence electrons. The molecule has 0 aromatic heterocycles. The fourth-order valence-electron chi connectivity index (χ4n) is 2.22. The fraction of sp³-hybridized carbons (Fsp3) is 1.00. The van der Waals surface area contributed by atoms with Gasteiger partial charge < -0.3 is 0 Å². The number of rotatable bonds is 1. The van der Waals surface area contributed by atoms with Crippen LogP contribution in [0.15, 0.2) is 0 Å². The first kappa shape index (κ1) is 11.0. The van der Waals surface area contributed by atoms with E-state index in [0.29, 0.717) is 18.5 Å². The molecule has 0 aromatic rings. The molecule has 1 heterocycles. The van der Waals surface area contributed by atoms with Crippen molar-refractivity contribution in [2.45, 2.75) is 58.8 Å². The summed E-state index contributed by atoms with van der Waals surface area (Å²) in [4.78, 5) is 2.31. The normalized spacial score (nSPS) is 31.6. The Balaban J connectivity index is 2.72. The van der Waals surface area contributed by atoms with Crippen molar-refractivity contribution in [3.05, 3.63) is 0 Å². The first-order chi connectivity index (χ1) is 5.82. The average molecular weight is 187 g/mol. The van der Waals surface area contributed by atoms with E-state index in [9.17, 15) is 4.39 Å². The number of alkyl halides is 1. The standard InChI is InChI=1S/C11H22FN/c1-8(2)10-6-9(12)7-13(10)11(3,4)5/h8-10H,6-7H2,1-5H3. The van der Waals surface area contributed by atoms with E-state index in [0.717, 1.165) is 6.42 Å². The van der Waals surface area contributed by atoms with Crippen molar-refractivity contribution in [1.29, 1.82) is 0 Å². The van der Waals surface area contributed by atoms with Gasteiger partial charge in [0.1, 0.15) is 6.17 Å². The summed E-state index contributed by atoms with van der Waals surface area (Å²) in [5.41, 5.74) is 0.107. The van der Waals surface area contributed by atoms with Crippen LogP contribution in [0.4, 0.5) is 4.39 Å². The highest BCUT2D eigenvalue weighted by Crippen LogP contribution is 2.31. The van der Waals surface area contributed by atoms with Crippen molar-refractivity contribution in [2.75, 3.05) is 6.54 Å². The van der Waals surface area contributed by atoms with Crippen molar-refractivity contribution >= 4 is 0 Å². The van der Waals surface area contributed by atoms with Gasteiger partial charge in [-0.15, -0.1) is 0 Å². The lowest BCUT2D eigenvalue weighted by Crippen LogP contribution is -2.46. The lowest BCUT2D eigenvalue weighted by molar-refractivity contribution is 0.0926. The Hall–Kier alpha value is -0.110. The molecule has 1 aliphatic rings. The third-order valence-corrected chi connectivity index (χ3v) is 2.92. The third kappa shape index (κ3) is 2.43. The Kier molecular flexibility index (Phi) is 3.01. The molecule has 0 radical (unpaired) electrons. The molecule has 1 nitrogen and oxygen atoms in total. The number of hydrogen-bond acceptors (Lipinski definition) is 1. The maximum absolute atomic E-state index is 13.3. The summed E-state index contributed by atoms with van der Waals surface area (Å²) in [6, 6.07) is 0.426. The predicted molar refractivity (Wildman–Crippen MR) is 54.6 cm³/mol. The molecule has 1 aliphatic heterocycles. The van der Waals surface area contributed by atoms with Crippen molar-refractivity contribution in [3.8, 4) is 0 Å². The zero-order chi connectivity index (χ0) is 10.2. The van der Waals surface area contributed by atoms with E-state index in [1.165, 1.54) is 0 Å². The summed E-state index contributed by atoms with van der Waals surface area (Å²) in [7, 11) is 0. The first-order valence-electron chi connectivity index (χ1n) is 5.23. The molecule has 0 amide bonds. The van der Waals surface area contributed by atoms with Crippen LogP contribution in [-0.4, -0.2) is 29.2 Å². The van der Waals surface area contributed by atoms with Gasteiger partial charge in [0.15, 0.2) is 0 Å². The lowest BCUT2D eigenvalue weighted by atomic mass is 9.97. The Morgan fingerprint density at radius 2 is 1.85 bits per heavy atom. The second-order valence-electron chi connectivity index (χ2n) is 5.47. The van der Waals surface area contributed by atoms with Gasteiger partial charge in [-0.25, -0.2) is 4.39 Å². The van der Waals surface area contributed by atoms with Gasteiger partial charge in [0.05, 0.1) is 0 Å². The second kappa shape index (κ2) is 3.56. The predicted octanol–water partition coefficient (Wildman–Crippen LogP) is 2.85. The minimum atomic E-state index is -0.619. The van der Waals surface area contributed by atoms with Gasteiger partial charge >= 0.3 is 0 Å². The Morgan fingerprint density at radius 3 is 2.15 bits per heavy atom. The van der Waals surface area contributed by atoms with E-state index in [-0.39, 0.29) is 5.54 Å². The summed E-state index contributed by atoms with van der Waals surface area (Å²) >= 11 is 0. The third-order valence-electron chi connectivity index (χ3n) is 2.92. The first-order valence-corrected chi connectivity index (χ1v) is 5.23. The summed E-state index contributed by atoms with van der Waals surface area (Å²) in [6.07, 6.45) is 0.0983. The molecule has 13 heavy (non-hydrogen) atoms. The summed E-state index contributed by atoms with van der Waals surface area (Å²) < 4.78 is 13.3. The van der Waals surface area contributed by atoms with Crippen LogP contribution in [0.5, 0.6) is 0 Å². The molecule has 1 fully saturated rings. The van der Waals surface area contributed by atoms with E-state index in [4.69, 9.17) is 0 Å². The molecule has 0 aliphatic carbocycles. The van der Waals surface area contributed by atoms with E-state index in [1.807, 2.05) is 0 Å². The van der Waals surface area contributed by atoms with E-state index in [2.05, 4.69) is 39.5 Å². The van der Waals surface area contributed by atoms with Gasteiger partial charge in [-0.3, -0.25) is 4.90 Å². The highest BCUT2D eigenvalue weighted by Gasteiger charge is 2.39. The van der Waals surface area contributed by atoms with E-state index in [1.54, 1.807) is 0 Å². The smallest absolute Gasteiger partial charge is 0.114 e. The van der Waals surface area contributed by atoms with Crippen LogP contribution in [0.1, 0.15) is 41.0 Å². The van der Waals surface area contributed by atoms with Gasteiger partial charge in [0, 0.05) is 18.1 Å². The molecule has 2 unspecified atom stereocenters. The summed E-state index contributed by atoms with van der Waals surface area (Å²) in [5, 5.41) is 0. The molecule has 0 saturated carbocycles. The van der Waals surface area contributed by atoms with Crippen LogP contribution in [0.25, 0.3) is 0 Å². The van der Waals surface area contributed by atoms with Gasteiger partial charge in [0.2, 0.25) is 0 Å². The molecule has 0 aromatic carbocycles. The number of hydrogen-bond donors (Lipinski definition) is 0. The molecule has 2 atom stereocenters. The maximum atomic E-state index is 13.3. The quantitative estimate of drug-likeness (QED) is 0.610. The van der Waals surface area contributed by atoms with Crippen LogP contribution >= 0.6 is 0 Å². The monoisotopic (exact) mass is 187 g/mol. The summed E-state index contributed by atoms with van der Waals surface area (Å²) in [6.45, 7) is 11.5. The van der Waals surface area contributed by atoms with Crippen molar-refractivity contribution in [1.82, 2.24) is 4.90 Å². The molecule has 0 N–H and O–H groups in total. The zero-order valence-corrected chi connectivity index (χ0v) is 9.47. The minimum Gasteiger partial charge on any atom is -0.292 e. The SMILES string of the molecule is CC(C)C1CC(F)CN1C(C)(C)C. The lowest BCUT2D eigenvalue weighted by Gasteiger charge is -2.38. The molecule has 1 saturated heterocycles. The Morgan fingerprint density at radius 1 is 1.31 bits per heavy atom. The molecular weight excluding hydrogens is 165 g/mol. The van der Waals surface area contributed by atoms with E-state index >= 15 is 0 Å². The molecule has 1 rings (SSSR count). The highest BCUT2D eigenvalue weighted by atomic mass is 19.1. The Bertz CT molecular complexity index is 171. The van der Waals surface area contributed by atoms with Crippen LogP contribution < -0.4 is 0 Å². The van der Waals surface area contributed by atoms with Crippen LogP contribution in [0, 0.1) is 5.92 Å². The second-order valence-corrected chi connectivity index (χ2v) is 5.47. The maximum Gasteiger partial charge on any atom is 0.114 e. The minimum absolute atomic E-state index is 0.107. The van der Waals surface area contributed by atoms with E-state index < -0.39 is 6.17 Å². The van der Waals surface area contributed by atoms with Gasteiger partial charge in [-0.1, -0.05) is 13.8 Å². The fourth-order valence-corrected chi connectivity index (χ4v) is 2.22. The molecule has 0 bridgehead atoms. The number of halogens is 1. The Labute approximate surface area is 81.3 Å². The van der Waals surface area contributed by atoms with Crippen molar-refractivity contribution in [3.63, 3.8) is 0 Å². The largest absolute Gasteiger partial charge is 0.292 e. The number of nitrogens with zero attached hydrogens (tertiary/aromatic N) is 1. The van der Waals surface area contributed by atoms with Gasteiger partial charge in [-0.2, -0.15) is 0 Å². The van der Waals surface area contributed by atoms with Crippen LogP contribution in [-0.2, 0) is 0 Å². The van der Waals surface area contributed by atoms with Gasteiger partial charge in [0.25, 0.3) is 0 Å². The highest BCUT2D eigenvalue weighted by molar-refractivity contribution is 4.93. The molecule has 2 heteroatoms. The topological polar surface area (TPSA) is 3.24 Å².